The van der Waals surface area contributed by atoms with Crippen molar-refractivity contribution in [1.29, 1.82) is 0 Å². The number of halogens is 1. The molecule has 0 unspecified atom stereocenters. The van der Waals surface area contributed by atoms with E-state index in [2.05, 4.69) is 26.6 Å². The molecule has 2 rings (SSSR count). The highest BCUT2D eigenvalue weighted by Gasteiger charge is 2.12. The molecule has 5 heteroatoms. The summed E-state index contributed by atoms with van der Waals surface area (Å²) >= 11 is 3.48. The molecule has 0 saturated carbocycles. The van der Waals surface area contributed by atoms with Crippen molar-refractivity contribution in [1.82, 2.24) is 10.6 Å². The molecule has 0 aromatic heterocycles. The first-order valence-corrected chi connectivity index (χ1v) is 8.71. The molecule has 0 bridgehead atoms. The second-order valence-corrected chi connectivity index (χ2v) is 6.55. The first kappa shape index (κ1) is 18.5. The predicted octanol–water partition coefficient (Wildman–Crippen LogP) is 3.99. The van der Waals surface area contributed by atoms with Crippen molar-refractivity contribution in [3.63, 3.8) is 0 Å². The van der Waals surface area contributed by atoms with E-state index in [1.807, 2.05) is 62.4 Å². The van der Waals surface area contributed by atoms with Gasteiger partial charge in [-0.2, -0.15) is 0 Å². The van der Waals surface area contributed by atoms with Crippen molar-refractivity contribution in [3.8, 4) is 5.75 Å². The minimum atomic E-state index is -0.0224. The highest BCUT2D eigenvalue weighted by molar-refractivity contribution is 9.10. The molecular weight excluding hydrogens is 368 g/mol. The van der Waals surface area contributed by atoms with E-state index in [1.165, 1.54) is 0 Å². The molecule has 0 aliphatic carbocycles. The first-order valence-electron chi connectivity index (χ1n) is 7.92. The summed E-state index contributed by atoms with van der Waals surface area (Å²) in [6.07, 6.45) is 0. The molecule has 0 radical (unpaired) electrons. The van der Waals surface area contributed by atoms with E-state index < -0.39 is 0 Å². The van der Waals surface area contributed by atoms with Crippen molar-refractivity contribution in [2.45, 2.75) is 25.9 Å². The SMILES string of the molecule is COc1ccc([C@H](C)NCC(=O)N[C@H](C)c2ccccc2)cc1Br. The molecule has 2 aromatic rings. The summed E-state index contributed by atoms with van der Waals surface area (Å²) < 4.78 is 6.13. The average Bonchev–Trinajstić information content (AvgIpc) is 2.60. The van der Waals surface area contributed by atoms with Crippen LogP contribution in [0.2, 0.25) is 0 Å². The average molecular weight is 391 g/mol. The number of nitrogens with one attached hydrogen (secondary N) is 2. The summed E-state index contributed by atoms with van der Waals surface area (Å²) in [5.41, 5.74) is 2.18. The normalized spacial score (nSPS) is 13.2. The largest absolute Gasteiger partial charge is 0.496 e. The van der Waals surface area contributed by atoms with E-state index in [0.717, 1.165) is 21.3 Å². The van der Waals surface area contributed by atoms with Crippen LogP contribution in [0.1, 0.15) is 37.1 Å². The third kappa shape index (κ3) is 5.08. The minimum absolute atomic E-state index is 0.00839. The zero-order chi connectivity index (χ0) is 17.5. The van der Waals surface area contributed by atoms with Crippen LogP contribution in [-0.2, 0) is 4.79 Å². The number of ether oxygens (including phenoxy) is 1. The van der Waals surface area contributed by atoms with Gasteiger partial charge in [-0.1, -0.05) is 36.4 Å². The quantitative estimate of drug-likeness (QED) is 0.751. The lowest BCUT2D eigenvalue weighted by atomic mass is 10.1. The fourth-order valence-corrected chi connectivity index (χ4v) is 2.99. The molecule has 0 spiro atoms. The summed E-state index contributed by atoms with van der Waals surface area (Å²) in [6, 6.07) is 15.9. The Labute approximate surface area is 151 Å². The lowest BCUT2D eigenvalue weighted by molar-refractivity contribution is -0.121. The zero-order valence-electron chi connectivity index (χ0n) is 14.2. The second kappa shape index (κ2) is 8.85. The molecule has 0 heterocycles. The van der Waals surface area contributed by atoms with E-state index >= 15 is 0 Å². The van der Waals surface area contributed by atoms with Gasteiger partial charge in [0, 0.05) is 6.04 Å². The van der Waals surface area contributed by atoms with Gasteiger partial charge < -0.3 is 15.4 Å². The molecule has 24 heavy (non-hydrogen) atoms. The van der Waals surface area contributed by atoms with Crippen LogP contribution >= 0.6 is 15.9 Å². The van der Waals surface area contributed by atoms with Crippen LogP contribution in [0.5, 0.6) is 5.75 Å². The first-order chi connectivity index (χ1) is 11.5. The Kier molecular flexibility index (Phi) is 6.82. The van der Waals surface area contributed by atoms with Gasteiger partial charge >= 0.3 is 0 Å². The molecule has 0 fully saturated rings. The van der Waals surface area contributed by atoms with Crippen molar-refractivity contribution < 1.29 is 9.53 Å². The highest BCUT2D eigenvalue weighted by atomic mass is 79.9. The number of carbonyl (C=O) groups excluding carboxylic acids is 1. The number of hydrogen-bond donors (Lipinski definition) is 2. The van der Waals surface area contributed by atoms with Crippen LogP contribution in [0.3, 0.4) is 0 Å². The van der Waals surface area contributed by atoms with Crippen LogP contribution in [0.15, 0.2) is 53.0 Å². The van der Waals surface area contributed by atoms with Gasteiger partial charge in [0.05, 0.1) is 24.2 Å². The van der Waals surface area contributed by atoms with E-state index in [0.29, 0.717) is 0 Å². The van der Waals surface area contributed by atoms with E-state index in [4.69, 9.17) is 4.74 Å². The molecule has 4 nitrogen and oxygen atoms in total. The van der Waals surface area contributed by atoms with Crippen LogP contribution in [0, 0.1) is 0 Å². The summed E-state index contributed by atoms with van der Waals surface area (Å²) in [5.74, 6) is 0.770. The Balaban J connectivity index is 1.86. The Morgan fingerprint density at radius 2 is 1.79 bits per heavy atom. The number of rotatable bonds is 7. The van der Waals surface area contributed by atoms with Crippen LogP contribution < -0.4 is 15.4 Å². The highest BCUT2D eigenvalue weighted by Crippen LogP contribution is 2.27. The van der Waals surface area contributed by atoms with Gasteiger partial charge in [0.2, 0.25) is 5.91 Å². The summed E-state index contributed by atoms with van der Waals surface area (Å²) in [7, 11) is 1.64. The van der Waals surface area contributed by atoms with Crippen molar-refractivity contribution in [2.75, 3.05) is 13.7 Å². The van der Waals surface area contributed by atoms with Crippen LogP contribution in [0.25, 0.3) is 0 Å². The molecule has 0 saturated heterocycles. The van der Waals surface area contributed by atoms with E-state index in [9.17, 15) is 4.79 Å². The maximum absolute atomic E-state index is 12.1. The maximum Gasteiger partial charge on any atom is 0.234 e. The lowest BCUT2D eigenvalue weighted by Crippen LogP contribution is -2.36. The Bertz CT molecular complexity index is 676. The second-order valence-electron chi connectivity index (χ2n) is 5.70. The summed E-state index contributed by atoms with van der Waals surface area (Å²) in [4.78, 5) is 12.1. The molecule has 2 N–H and O–H groups in total. The standard InChI is InChI=1S/C19H23BrN2O2/c1-13(16-9-10-18(24-3)17(20)11-16)21-12-19(23)22-14(2)15-7-5-4-6-8-15/h4-11,13-14,21H,12H2,1-3H3,(H,22,23)/t13-,14+/m0/s1. The Hall–Kier alpha value is -1.85. The molecule has 0 aliphatic rings. The Morgan fingerprint density at radius 3 is 2.42 bits per heavy atom. The summed E-state index contributed by atoms with van der Waals surface area (Å²) in [6.45, 7) is 4.28. The third-order valence-corrected chi connectivity index (χ3v) is 4.54. The predicted molar refractivity (Wildman–Crippen MR) is 100 cm³/mol. The zero-order valence-corrected chi connectivity index (χ0v) is 15.8. The van der Waals surface area contributed by atoms with Crippen molar-refractivity contribution in [3.05, 3.63) is 64.1 Å². The maximum atomic E-state index is 12.1. The van der Waals surface area contributed by atoms with Gasteiger partial charge in [0.25, 0.3) is 0 Å². The van der Waals surface area contributed by atoms with Gasteiger partial charge in [-0.05, 0) is 53.0 Å². The molecular formula is C19H23BrN2O2. The molecule has 2 aromatic carbocycles. The number of hydrogen-bond acceptors (Lipinski definition) is 3. The van der Waals surface area contributed by atoms with Gasteiger partial charge in [-0.25, -0.2) is 0 Å². The number of methoxy groups -OCH3 is 1. The topological polar surface area (TPSA) is 50.4 Å². The molecule has 0 aliphatic heterocycles. The summed E-state index contributed by atoms with van der Waals surface area (Å²) in [5, 5.41) is 6.25. The fourth-order valence-electron chi connectivity index (χ4n) is 2.43. The van der Waals surface area contributed by atoms with Crippen molar-refractivity contribution >= 4 is 21.8 Å². The monoisotopic (exact) mass is 390 g/mol. The van der Waals surface area contributed by atoms with Gasteiger partial charge in [-0.3, -0.25) is 4.79 Å². The van der Waals surface area contributed by atoms with Crippen LogP contribution in [-0.4, -0.2) is 19.6 Å². The third-order valence-electron chi connectivity index (χ3n) is 3.92. The molecule has 128 valence electrons. The molecule has 2 atom stereocenters. The van der Waals surface area contributed by atoms with Gasteiger partial charge in [0.15, 0.2) is 0 Å². The van der Waals surface area contributed by atoms with Crippen LogP contribution in [0.4, 0.5) is 0 Å². The van der Waals surface area contributed by atoms with Crippen molar-refractivity contribution in [2.24, 2.45) is 0 Å². The van der Waals surface area contributed by atoms with E-state index in [1.54, 1.807) is 7.11 Å². The number of benzene rings is 2. The minimum Gasteiger partial charge on any atom is -0.496 e. The van der Waals surface area contributed by atoms with Gasteiger partial charge in [-0.15, -0.1) is 0 Å². The smallest absolute Gasteiger partial charge is 0.234 e. The number of carbonyl (C=O) groups is 1. The lowest BCUT2D eigenvalue weighted by Gasteiger charge is -2.18. The Morgan fingerprint density at radius 1 is 1.08 bits per heavy atom. The van der Waals surface area contributed by atoms with Gasteiger partial charge in [0.1, 0.15) is 5.75 Å². The number of amides is 1. The molecule has 1 amide bonds. The fraction of sp³-hybridized carbons (Fsp3) is 0.316. The van der Waals surface area contributed by atoms with E-state index in [-0.39, 0.29) is 24.5 Å².